The van der Waals surface area contributed by atoms with Gasteiger partial charge in [-0.2, -0.15) is 0 Å². The van der Waals surface area contributed by atoms with E-state index in [0.29, 0.717) is 25.1 Å². The van der Waals surface area contributed by atoms with Gasteiger partial charge in [-0.3, -0.25) is 9.59 Å². The fraction of sp³-hybridized carbons (Fsp3) is 0.250. The molecule has 0 aliphatic heterocycles. The molecule has 6 nitrogen and oxygen atoms in total. The Morgan fingerprint density at radius 3 is 2.58 bits per heavy atom. The SMILES string of the molecule is CCC(=O)NCCc1ccc(CNC(=O)c2ccn3ccnc3c2)cc1. The van der Waals surface area contributed by atoms with Crippen LogP contribution < -0.4 is 10.6 Å². The predicted molar refractivity (Wildman–Crippen MR) is 99.8 cm³/mol. The number of hydrogen-bond donors (Lipinski definition) is 2. The molecule has 0 aliphatic carbocycles. The number of rotatable bonds is 7. The molecule has 0 atom stereocenters. The van der Waals surface area contributed by atoms with Crippen LogP contribution >= 0.6 is 0 Å². The minimum absolute atomic E-state index is 0.0675. The highest BCUT2D eigenvalue weighted by atomic mass is 16.2. The lowest BCUT2D eigenvalue weighted by molar-refractivity contribution is -0.120. The quantitative estimate of drug-likeness (QED) is 0.687. The zero-order chi connectivity index (χ0) is 18.4. The van der Waals surface area contributed by atoms with Crippen molar-refractivity contribution < 1.29 is 9.59 Å². The highest BCUT2D eigenvalue weighted by molar-refractivity contribution is 5.94. The Balaban J connectivity index is 1.51. The number of fused-ring (bicyclic) bond motifs is 1. The second-order valence-electron chi connectivity index (χ2n) is 6.06. The number of benzene rings is 1. The summed E-state index contributed by atoms with van der Waals surface area (Å²) in [5, 5.41) is 5.79. The Kier molecular flexibility index (Phi) is 5.63. The van der Waals surface area contributed by atoms with Crippen molar-refractivity contribution in [2.75, 3.05) is 6.54 Å². The van der Waals surface area contributed by atoms with Crippen LogP contribution in [0.4, 0.5) is 0 Å². The van der Waals surface area contributed by atoms with Crippen LogP contribution in [0.2, 0.25) is 0 Å². The number of hydrogen-bond acceptors (Lipinski definition) is 3. The van der Waals surface area contributed by atoms with Crippen molar-refractivity contribution in [3.63, 3.8) is 0 Å². The average Bonchev–Trinajstić information content (AvgIpc) is 3.14. The van der Waals surface area contributed by atoms with Crippen LogP contribution in [-0.2, 0) is 17.8 Å². The van der Waals surface area contributed by atoms with Gasteiger partial charge in [-0.15, -0.1) is 0 Å². The summed E-state index contributed by atoms with van der Waals surface area (Å²) in [5.74, 6) is -0.0558. The standard InChI is InChI=1S/C20H22N4O2/c1-2-19(25)22-9-7-15-3-5-16(6-4-15)14-23-20(26)17-8-11-24-12-10-21-18(24)13-17/h3-6,8,10-13H,2,7,9,14H2,1H3,(H,22,25)(H,23,26). The number of carbonyl (C=O) groups excluding carboxylic acids is 2. The van der Waals surface area contributed by atoms with Gasteiger partial charge in [0.05, 0.1) is 0 Å². The lowest BCUT2D eigenvalue weighted by Gasteiger charge is -2.08. The summed E-state index contributed by atoms with van der Waals surface area (Å²) in [5.41, 5.74) is 3.52. The molecule has 2 aromatic heterocycles. The summed E-state index contributed by atoms with van der Waals surface area (Å²) in [4.78, 5) is 27.7. The van der Waals surface area contributed by atoms with Gasteiger partial charge in [0.2, 0.25) is 5.91 Å². The molecule has 2 N–H and O–H groups in total. The monoisotopic (exact) mass is 350 g/mol. The van der Waals surface area contributed by atoms with E-state index in [-0.39, 0.29) is 11.8 Å². The van der Waals surface area contributed by atoms with E-state index in [1.54, 1.807) is 18.3 Å². The molecule has 3 rings (SSSR count). The first-order valence-electron chi connectivity index (χ1n) is 8.71. The largest absolute Gasteiger partial charge is 0.356 e. The summed E-state index contributed by atoms with van der Waals surface area (Å²) in [6.07, 6.45) is 6.66. The van der Waals surface area contributed by atoms with Crippen molar-refractivity contribution in [2.45, 2.75) is 26.3 Å². The molecule has 1 aromatic carbocycles. The normalized spacial score (nSPS) is 10.7. The Morgan fingerprint density at radius 1 is 1.04 bits per heavy atom. The van der Waals surface area contributed by atoms with E-state index in [9.17, 15) is 9.59 Å². The summed E-state index contributed by atoms with van der Waals surface area (Å²) in [6.45, 7) is 2.94. The Hall–Kier alpha value is -3.15. The van der Waals surface area contributed by atoms with Crippen LogP contribution in [-0.4, -0.2) is 27.7 Å². The summed E-state index contributed by atoms with van der Waals surface area (Å²) < 4.78 is 1.86. The average molecular weight is 350 g/mol. The zero-order valence-electron chi connectivity index (χ0n) is 14.7. The molecule has 3 aromatic rings. The van der Waals surface area contributed by atoms with Crippen LogP contribution in [0.5, 0.6) is 0 Å². The maximum atomic E-state index is 12.3. The second kappa shape index (κ2) is 8.29. The smallest absolute Gasteiger partial charge is 0.251 e. The molecule has 26 heavy (non-hydrogen) atoms. The molecule has 0 saturated carbocycles. The fourth-order valence-corrected chi connectivity index (χ4v) is 2.63. The maximum absolute atomic E-state index is 12.3. The van der Waals surface area contributed by atoms with Crippen LogP contribution in [0.25, 0.3) is 5.65 Å². The van der Waals surface area contributed by atoms with E-state index in [1.165, 1.54) is 0 Å². The third-order valence-electron chi connectivity index (χ3n) is 4.19. The molecular formula is C20H22N4O2. The van der Waals surface area contributed by atoms with Crippen molar-refractivity contribution in [3.8, 4) is 0 Å². The van der Waals surface area contributed by atoms with Gasteiger partial charge in [-0.05, 0) is 29.7 Å². The van der Waals surface area contributed by atoms with Crippen molar-refractivity contribution in [2.24, 2.45) is 0 Å². The van der Waals surface area contributed by atoms with Crippen molar-refractivity contribution >= 4 is 17.5 Å². The van der Waals surface area contributed by atoms with E-state index in [1.807, 2.05) is 48.0 Å². The topological polar surface area (TPSA) is 75.5 Å². The third-order valence-corrected chi connectivity index (χ3v) is 4.19. The van der Waals surface area contributed by atoms with Gasteiger partial charge < -0.3 is 15.0 Å². The van der Waals surface area contributed by atoms with Gasteiger partial charge in [-0.25, -0.2) is 4.98 Å². The molecule has 2 heterocycles. The number of nitrogens with zero attached hydrogens (tertiary/aromatic N) is 2. The molecule has 0 saturated heterocycles. The van der Waals surface area contributed by atoms with Crippen LogP contribution in [0.15, 0.2) is 55.0 Å². The van der Waals surface area contributed by atoms with Crippen molar-refractivity contribution in [1.29, 1.82) is 0 Å². The van der Waals surface area contributed by atoms with E-state index in [4.69, 9.17) is 0 Å². The molecule has 2 amide bonds. The molecule has 134 valence electrons. The first-order chi connectivity index (χ1) is 12.7. The van der Waals surface area contributed by atoms with Gasteiger partial charge in [0.1, 0.15) is 5.65 Å². The number of amides is 2. The van der Waals surface area contributed by atoms with E-state index in [2.05, 4.69) is 15.6 Å². The number of nitrogens with one attached hydrogen (secondary N) is 2. The molecule has 0 fully saturated rings. The number of pyridine rings is 1. The van der Waals surface area contributed by atoms with E-state index in [0.717, 1.165) is 23.2 Å². The summed E-state index contributed by atoms with van der Waals surface area (Å²) in [7, 11) is 0. The Labute approximate surface area is 152 Å². The van der Waals surface area contributed by atoms with Crippen LogP contribution in [0, 0.1) is 0 Å². The molecular weight excluding hydrogens is 328 g/mol. The van der Waals surface area contributed by atoms with Crippen molar-refractivity contribution in [3.05, 3.63) is 71.7 Å². The predicted octanol–water partition coefficient (Wildman–Crippen LogP) is 2.33. The van der Waals surface area contributed by atoms with Crippen LogP contribution in [0.3, 0.4) is 0 Å². The Bertz CT molecular complexity index is 900. The highest BCUT2D eigenvalue weighted by Crippen LogP contribution is 2.08. The zero-order valence-corrected chi connectivity index (χ0v) is 14.7. The van der Waals surface area contributed by atoms with Crippen LogP contribution in [0.1, 0.15) is 34.8 Å². The molecule has 6 heteroatoms. The van der Waals surface area contributed by atoms with Crippen molar-refractivity contribution in [1.82, 2.24) is 20.0 Å². The molecule has 0 radical (unpaired) electrons. The number of imidazole rings is 1. The lowest BCUT2D eigenvalue weighted by atomic mass is 10.1. The molecule has 0 spiro atoms. The number of aromatic nitrogens is 2. The maximum Gasteiger partial charge on any atom is 0.251 e. The third kappa shape index (κ3) is 4.47. The van der Waals surface area contributed by atoms with E-state index < -0.39 is 0 Å². The lowest BCUT2D eigenvalue weighted by Crippen LogP contribution is -2.24. The minimum atomic E-state index is -0.123. The number of carbonyl (C=O) groups is 2. The minimum Gasteiger partial charge on any atom is -0.356 e. The highest BCUT2D eigenvalue weighted by Gasteiger charge is 2.07. The molecule has 0 unspecified atom stereocenters. The van der Waals surface area contributed by atoms with Gasteiger partial charge in [0, 0.05) is 43.7 Å². The van der Waals surface area contributed by atoms with Gasteiger partial charge in [0.15, 0.2) is 0 Å². The summed E-state index contributed by atoms with van der Waals surface area (Å²) >= 11 is 0. The van der Waals surface area contributed by atoms with Gasteiger partial charge >= 0.3 is 0 Å². The first kappa shape index (κ1) is 17.7. The molecule has 0 aliphatic rings. The van der Waals surface area contributed by atoms with Gasteiger partial charge in [0.25, 0.3) is 5.91 Å². The Morgan fingerprint density at radius 2 is 1.81 bits per heavy atom. The van der Waals surface area contributed by atoms with Gasteiger partial charge in [-0.1, -0.05) is 31.2 Å². The fourth-order valence-electron chi connectivity index (χ4n) is 2.63. The van der Waals surface area contributed by atoms with E-state index >= 15 is 0 Å². The second-order valence-corrected chi connectivity index (χ2v) is 6.06. The summed E-state index contributed by atoms with van der Waals surface area (Å²) in [6, 6.07) is 11.6. The molecule has 0 bridgehead atoms. The first-order valence-corrected chi connectivity index (χ1v) is 8.71.